The predicted molar refractivity (Wildman–Crippen MR) is 52.9 cm³/mol. The molecule has 0 bridgehead atoms. The lowest BCUT2D eigenvalue weighted by Gasteiger charge is -2.24. The third-order valence-electron chi connectivity index (χ3n) is 2.16. The van der Waals surface area contributed by atoms with E-state index in [9.17, 15) is 10.1 Å². The van der Waals surface area contributed by atoms with E-state index >= 15 is 0 Å². The normalized spacial score (nSPS) is 21.0. The highest BCUT2D eigenvalue weighted by molar-refractivity contribution is 5.55. The maximum Gasteiger partial charge on any atom is 0.183 e. The van der Waals surface area contributed by atoms with Crippen molar-refractivity contribution in [2.75, 3.05) is 6.54 Å². The highest BCUT2D eigenvalue weighted by Gasteiger charge is 2.34. The van der Waals surface area contributed by atoms with E-state index in [0.717, 1.165) is 11.4 Å². The van der Waals surface area contributed by atoms with E-state index in [2.05, 4.69) is 5.10 Å². The van der Waals surface area contributed by atoms with Crippen molar-refractivity contribution < 1.29 is 5.03 Å². The first-order valence-corrected chi connectivity index (χ1v) is 4.79. The van der Waals surface area contributed by atoms with Gasteiger partial charge in [0.25, 0.3) is 0 Å². The fraction of sp³-hybridized carbons (Fsp3) is 0.875. The number of rotatable bonds is 4. The highest BCUT2D eigenvalue weighted by Crippen LogP contribution is 2.19. The van der Waals surface area contributed by atoms with Crippen LogP contribution in [0.25, 0.3) is 0 Å². The fourth-order valence-electron chi connectivity index (χ4n) is 1.50. The van der Waals surface area contributed by atoms with Gasteiger partial charge in [-0.1, -0.05) is 18.9 Å². The topological polar surface area (TPSA) is 62.0 Å². The summed E-state index contributed by atoms with van der Waals surface area (Å²) in [5.74, 6) is 0.415. The molecule has 0 fully saturated rings. The van der Waals surface area contributed by atoms with Gasteiger partial charge < -0.3 is 0 Å². The van der Waals surface area contributed by atoms with Crippen molar-refractivity contribution in [3.63, 3.8) is 0 Å². The zero-order valence-electron chi connectivity index (χ0n) is 8.75. The van der Waals surface area contributed by atoms with Crippen LogP contribution >= 0.6 is 0 Å². The summed E-state index contributed by atoms with van der Waals surface area (Å²) in [5, 5.41) is 17.1. The highest BCUT2D eigenvalue weighted by atomic mass is 16.7. The van der Waals surface area contributed by atoms with Crippen LogP contribution in [-0.4, -0.2) is 34.1 Å². The molecule has 0 aromatic heterocycles. The molecular formula is C8H16N4O2. The standard InChI is InChI=1S/C8H16N4O2/c1-4-10-8(5-7(2)3)11(6-9-10)12(13)14/h6-8H,4-5H2,1-3H3. The van der Waals surface area contributed by atoms with Gasteiger partial charge >= 0.3 is 0 Å². The van der Waals surface area contributed by atoms with E-state index in [1.165, 1.54) is 6.34 Å². The lowest BCUT2D eigenvalue weighted by Crippen LogP contribution is -2.43. The van der Waals surface area contributed by atoms with Crippen LogP contribution in [0.3, 0.4) is 0 Å². The van der Waals surface area contributed by atoms with Crippen LogP contribution < -0.4 is 0 Å². The minimum atomic E-state index is -0.411. The number of hydrogen-bond donors (Lipinski definition) is 0. The van der Waals surface area contributed by atoms with Gasteiger partial charge in [-0.25, -0.2) is 10.1 Å². The molecule has 0 N–H and O–H groups in total. The van der Waals surface area contributed by atoms with Gasteiger partial charge in [0.2, 0.25) is 0 Å². The summed E-state index contributed by atoms with van der Waals surface area (Å²) in [7, 11) is 0. The van der Waals surface area contributed by atoms with Gasteiger partial charge in [-0.3, -0.25) is 5.01 Å². The molecule has 6 heteroatoms. The lowest BCUT2D eigenvalue weighted by atomic mass is 10.1. The Labute approximate surface area is 83.3 Å². The van der Waals surface area contributed by atoms with Gasteiger partial charge in [0.1, 0.15) is 0 Å². The van der Waals surface area contributed by atoms with Gasteiger partial charge in [-0.15, -0.1) is 0 Å². The molecule has 1 rings (SSSR count). The van der Waals surface area contributed by atoms with Gasteiger partial charge in [-0.05, 0) is 19.3 Å². The molecule has 0 aromatic carbocycles. The summed E-state index contributed by atoms with van der Waals surface area (Å²) in [6, 6.07) is 0. The molecule has 80 valence electrons. The second-order valence-electron chi connectivity index (χ2n) is 3.71. The molecule has 0 saturated heterocycles. The largest absolute Gasteiger partial charge is 0.267 e. The molecule has 0 aromatic rings. The molecule has 1 unspecified atom stereocenters. The van der Waals surface area contributed by atoms with Crippen molar-refractivity contribution in [3.8, 4) is 0 Å². The van der Waals surface area contributed by atoms with Crippen molar-refractivity contribution in [1.82, 2.24) is 10.0 Å². The number of nitro groups is 1. The van der Waals surface area contributed by atoms with Crippen molar-refractivity contribution in [1.29, 1.82) is 0 Å². The molecule has 6 nitrogen and oxygen atoms in total. The first-order valence-electron chi connectivity index (χ1n) is 4.79. The van der Waals surface area contributed by atoms with Gasteiger partial charge in [0.05, 0.1) is 0 Å². The van der Waals surface area contributed by atoms with E-state index in [0.29, 0.717) is 12.5 Å². The van der Waals surface area contributed by atoms with Crippen LogP contribution in [0.5, 0.6) is 0 Å². The van der Waals surface area contributed by atoms with Crippen LogP contribution in [0.4, 0.5) is 0 Å². The molecule has 1 atom stereocenters. The summed E-state index contributed by atoms with van der Waals surface area (Å²) >= 11 is 0. The Balaban J connectivity index is 2.69. The maximum atomic E-state index is 10.7. The minimum Gasteiger partial charge on any atom is -0.267 e. The van der Waals surface area contributed by atoms with E-state index in [4.69, 9.17) is 0 Å². The third kappa shape index (κ3) is 2.12. The Hall–Kier alpha value is -1.33. The molecule has 14 heavy (non-hydrogen) atoms. The van der Waals surface area contributed by atoms with Crippen LogP contribution in [0.15, 0.2) is 5.10 Å². The van der Waals surface area contributed by atoms with E-state index in [1.54, 1.807) is 5.01 Å². The molecule has 0 radical (unpaired) electrons. The molecule has 0 saturated carbocycles. The Morgan fingerprint density at radius 2 is 2.29 bits per heavy atom. The van der Waals surface area contributed by atoms with Crippen LogP contribution in [0.1, 0.15) is 27.2 Å². The Kier molecular flexibility index (Phi) is 3.27. The predicted octanol–water partition coefficient (Wildman–Crippen LogP) is 1.13. The summed E-state index contributed by atoms with van der Waals surface area (Å²) in [6.07, 6.45) is 1.81. The Morgan fingerprint density at radius 1 is 1.64 bits per heavy atom. The third-order valence-corrected chi connectivity index (χ3v) is 2.16. The van der Waals surface area contributed by atoms with Crippen LogP contribution in [0, 0.1) is 16.0 Å². The second-order valence-corrected chi connectivity index (χ2v) is 3.71. The quantitative estimate of drug-likeness (QED) is 0.504. The smallest absolute Gasteiger partial charge is 0.183 e. The van der Waals surface area contributed by atoms with Gasteiger partial charge in [0.15, 0.2) is 17.5 Å². The molecule has 1 heterocycles. The molecule has 1 aliphatic heterocycles. The molecular weight excluding hydrogens is 184 g/mol. The zero-order chi connectivity index (χ0) is 10.7. The maximum absolute atomic E-state index is 10.7. The SMILES string of the molecule is CCN1N=CN([N+](=O)[O-])C1CC(C)C. The van der Waals surface area contributed by atoms with Crippen molar-refractivity contribution in [2.24, 2.45) is 11.0 Å². The van der Waals surface area contributed by atoms with E-state index in [-0.39, 0.29) is 6.17 Å². The Morgan fingerprint density at radius 3 is 2.71 bits per heavy atom. The van der Waals surface area contributed by atoms with Gasteiger partial charge in [0, 0.05) is 6.54 Å². The second kappa shape index (κ2) is 4.26. The van der Waals surface area contributed by atoms with Crippen molar-refractivity contribution in [3.05, 3.63) is 10.1 Å². The minimum absolute atomic E-state index is 0.227. The van der Waals surface area contributed by atoms with Crippen LogP contribution in [-0.2, 0) is 0 Å². The summed E-state index contributed by atoms with van der Waals surface area (Å²) in [5.41, 5.74) is 0. The number of nitrogens with zero attached hydrogens (tertiary/aromatic N) is 4. The molecule has 1 aliphatic rings. The average molecular weight is 200 g/mol. The summed E-state index contributed by atoms with van der Waals surface area (Å²) in [4.78, 5) is 10.7. The number of hydrazone groups is 1. The van der Waals surface area contributed by atoms with Crippen molar-refractivity contribution in [2.45, 2.75) is 33.4 Å². The number of hydrazine groups is 1. The van der Waals surface area contributed by atoms with Crippen molar-refractivity contribution >= 4 is 6.34 Å². The summed E-state index contributed by atoms with van der Waals surface area (Å²) < 4.78 is 0. The molecule has 0 aliphatic carbocycles. The van der Waals surface area contributed by atoms with Gasteiger partial charge in [-0.2, -0.15) is 5.10 Å². The lowest BCUT2D eigenvalue weighted by molar-refractivity contribution is -0.638. The Bertz CT molecular complexity index is 241. The monoisotopic (exact) mass is 200 g/mol. The number of hydrogen-bond acceptors (Lipinski definition) is 4. The fourth-order valence-corrected chi connectivity index (χ4v) is 1.50. The zero-order valence-corrected chi connectivity index (χ0v) is 8.75. The molecule has 0 amide bonds. The van der Waals surface area contributed by atoms with Crippen LogP contribution in [0.2, 0.25) is 0 Å². The average Bonchev–Trinajstić information content (AvgIpc) is 2.46. The van der Waals surface area contributed by atoms with E-state index < -0.39 is 5.03 Å². The first-order chi connectivity index (χ1) is 6.56. The van der Waals surface area contributed by atoms with E-state index in [1.807, 2.05) is 20.8 Å². The first kappa shape index (κ1) is 10.7. The summed E-state index contributed by atoms with van der Waals surface area (Å²) in [6.45, 7) is 6.72. The molecule has 0 spiro atoms.